The molecular formula is C14H19N3O4. The van der Waals surface area contributed by atoms with Gasteiger partial charge < -0.3 is 15.8 Å². The Morgan fingerprint density at radius 2 is 2.14 bits per heavy atom. The number of nitrogens with one attached hydrogen (secondary N) is 1. The number of hydrogen-bond donors (Lipinski definition) is 2. The van der Waals surface area contributed by atoms with Crippen LogP contribution in [0.3, 0.4) is 0 Å². The van der Waals surface area contributed by atoms with Gasteiger partial charge in [0.05, 0.1) is 4.92 Å². The lowest BCUT2D eigenvalue weighted by atomic mass is 9.93. The van der Waals surface area contributed by atoms with E-state index < -0.39 is 4.92 Å². The number of hydrogen-bond acceptors (Lipinski definition) is 5. The molecule has 1 fully saturated rings. The quantitative estimate of drug-likeness (QED) is 0.647. The second kappa shape index (κ2) is 6.53. The minimum atomic E-state index is -0.517. The monoisotopic (exact) mass is 293 g/mol. The van der Waals surface area contributed by atoms with E-state index in [2.05, 4.69) is 5.32 Å². The zero-order valence-electron chi connectivity index (χ0n) is 11.9. The molecule has 3 N–H and O–H groups in total. The third-order valence-corrected chi connectivity index (χ3v) is 3.68. The van der Waals surface area contributed by atoms with Crippen LogP contribution >= 0.6 is 0 Å². The smallest absolute Gasteiger partial charge is 0.310 e. The first kappa shape index (κ1) is 15.2. The van der Waals surface area contributed by atoms with Crippen molar-refractivity contribution in [2.75, 3.05) is 7.05 Å². The van der Waals surface area contributed by atoms with Gasteiger partial charge in [-0.25, -0.2) is 0 Å². The minimum Gasteiger partial charge on any atom is -0.482 e. The van der Waals surface area contributed by atoms with E-state index in [1.807, 2.05) is 0 Å². The summed E-state index contributed by atoms with van der Waals surface area (Å²) < 4.78 is 5.75. The SMILES string of the molecule is CNC(=O)c1ccc([N+](=O)[O-])c(OC2CCCCC2N)c1. The Balaban J connectivity index is 2.29. The number of nitro groups is 1. The number of ether oxygens (including phenoxy) is 1. The van der Waals surface area contributed by atoms with E-state index in [0.29, 0.717) is 5.56 Å². The molecule has 114 valence electrons. The lowest BCUT2D eigenvalue weighted by molar-refractivity contribution is -0.386. The lowest BCUT2D eigenvalue weighted by Crippen LogP contribution is -2.41. The third-order valence-electron chi connectivity index (χ3n) is 3.68. The molecule has 1 aliphatic carbocycles. The molecule has 1 aromatic rings. The molecule has 21 heavy (non-hydrogen) atoms. The number of benzene rings is 1. The van der Waals surface area contributed by atoms with E-state index in [1.54, 1.807) is 0 Å². The maximum absolute atomic E-state index is 11.6. The second-order valence-corrected chi connectivity index (χ2v) is 5.12. The fourth-order valence-corrected chi connectivity index (χ4v) is 2.48. The summed E-state index contributed by atoms with van der Waals surface area (Å²) in [7, 11) is 1.50. The molecule has 1 saturated carbocycles. The van der Waals surface area contributed by atoms with Crippen molar-refractivity contribution in [2.24, 2.45) is 5.73 Å². The Hall–Kier alpha value is -2.15. The van der Waals surface area contributed by atoms with Gasteiger partial charge in [-0.3, -0.25) is 14.9 Å². The normalized spacial score (nSPS) is 21.6. The van der Waals surface area contributed by atoms with Gasteiger partial charge >= 0.3 is 5.69 Å². The van der Waals surface area contributed by atoms with E-state index in [4.69, 9.17) is 10.5 Å². The molecule has 0 saturated heterocycles. The zero-order valence-corrected chi connectivity index (χ0v) is 11.9. The van der Waals surface area contributed by atoms with Gasteiger partial charge in [-0.1, -0.05) is 6.42 Å². The average molecular weight is 293 g/mol. The summed E-state index contributed by atoms with van der Waals surface area (Å²) in [4.78, 5) is 22.2. The van der Waals surface area contributed by atoms with Crippen LogP contribution in [0, 0.1) is 10.1 Å². The van der Waals surface area contributed by atoms with Crippen LogP contribution in [0.5, 0.6) is 5.75 Å². The predicted octanol–water partition coefficient (Wildman–Crippen LogP) is 1.60. The molecule has 1 aromatic carbocycles. The van der Waals surface area contributed by atoms with E-state index in [9.17, 15) is 14.9 Å². The van der Waals surface area contributed by atoms with Crippen molar-refractivity contribution in [3.05, 3.63) is 33.9 Å². The highest BCUT2D eigenvalue weighted by Gasteiger charge is 2.27. The first-order valence-electron chi connectivity index (χ1n) is 6.95. The number of carbonyl (C=O) groups excluding carboxylic acids is 1. The van der Waals surface area contributed by atoms with Crippen LogP contribution in [0.25, 0.3) is 0 Å². The maximum atomic E-state index is 11.6. The summed E-state index contributed by atoms with van der Waals surface area (Å²) in [6, 6.07) is 3.96. The van der Waals surface area contributed by atoms with Crippen molar-refractivity contribution in [1.82, 2.24) is 5.32 Å². The van der Waals surface area contributed by atoms with Gasteiger partial charge in [-0.15, -0.1) is 0 Å². The first-order valence-corrected chi connectivity index (χ1v) is 6.95. The summed E-state index contributed by atoms with van der Waals surface area (Å²) in [6.45, 7) is 0. The van der Waals surface area contributed by atoms with Gasteiger partial charge in [0.1, 0.15) is 6.10 Å². The van der Waals surface area contributed by atoms with Crippen LogP contribution in [0.4, 0.5) is 5.69 Å². The van der Waals surface area contributed by atoms with Gasteiger partial charge in [-0.05, 0) is 25.3 Å². The van der Waals surface area contributed by atoms with Crippen molar-refractivity contribution in [3.8, 4) is 5.75 Å². The highest BCUT2D eigenvalue weighted by Crippen LogP contribution is 2.31. The van der Waals surface area contributed by atoms with Crippen molar-refractivity contribution < 1.29 is 14.5 Å². The summed E-state index contributed by atoms with van der Waals surface area (Å²) in [5.74, 6) is -0.217. The van der Waals surface area contributed by atoms with Crippen molar-refractivity contribution >= 4 is 11.6 Å². The van der Waals surface area contributed by atoms with Gasteiger partial charge in [0.25, 0.3) is 5.91 Å². The molecule has 1 amide bonds. The Bertz CT molecular complexity index is 547. The fourth-order valence-electron chi connectivity index (χ4n) is 2.48. The lowest BCUT2D eigenvalue weighted by Gasteiger charge is -2.29. The molecule has 2 atom stereocenters. The molecule has 1 aliphatic rings. The summed E-state index contributed by atoms with van der Waals surface area (Å²) in [6.07, 6.45) is 3.39. The van der Waals surface area contributed by atoms with Crippen LogP contribution in [0.1, 0.15) is 36.0 Å². The number of nitrogens with two attached hydrogens (primary N) is 1. The predicted molar refractivity (Wildman–Crippen MR) is 77.3 cm³/mol. The molecule has 0 aliphatic heterocycles. The van der Waals surface area contributed by atoms with Crippen LogP contribution in [0.15, 0.2) is 18.2 Å². The van der Waals surface area contributed by atoms with Crippen LogP contribution in [-0.4, -0.2) is 30.0 Å². The van der Waals surface area contributed by atoms with Gasteiger partial charge in [0, 0.05) is 30.8 Å². The largest absolute Gasteiger partial charge is 0.482 e. The number of rotatable bonds is 4. The van der Waals surface area contributed by atoms with E-state index in [0.717, 1.165) is 25.7 Å². The fraction of sp³-hybridized carbons (Fsp3) is 0.500. The molecule has 2 unspecified atom stereocenters. The Kier molecular flexibility index (Phi) is 4.74. The third kappa shape index (κ3) is 3.49. The minimum absolute atomic E-state index is 0.100. The Labute approximate surface area is 122 Å². The molecule has 0 bridgehead atoms. The Morgan fingerprint density at radius 1 is 1.43 bits per heavy atom. The molecule has 7 heteroatoms. The summed E-state index contributed by atoms with van der Waals surface area (Å²) >= 11 is 0. The van der Waals surface area contributed by atoms with Crippen molar-refractivity contribution in [2.45, 2.75) is 37.8 Å². The van der Waals surface area contributed by atoms with Crippen LogP contribution in [-0.2, 0) is 0 Å². The second-order valence-electron chi connectivity index (χ2n) is 5.12. The molecule has 2 rings (SSSR count). The van der Waals surface area contributed by atoms with E-state index >= 15 is 0 Å². The molecule has 0 spiro atoms. The molecule has 0 heterocycles. The topological polar surface area (TPSA) is 107 Å². The number of nitro benzene ring substituents is 1. The summed E-state index contributed by atoms with van der Waals surface area (Å²) in [5, 5.41) is 13.6. The molecule has 7 nitrogen and oxygen atoms in total. The highest BCUT2D eigenvalue weighted by molar-refractivity contribution is 5.94. The Morgan fingerprint density at radius 3 is 2.76 bits per heavy atom. The van der Waals surface area contributed by atoms with E-state index in [-0.39, 0.29) is 29.5 Å². The van der Waals surface area contributed by atoms with Crippen molar-refractivity contribution in [1.29, 1.82) is 0 Å². The molecular weight excluding hydrogens is 274 g/mol. The standard InChI is InChI=1S/C14H19N3O4/c1-16-14(18)9-6-7-11(17(19)20)13(8-9)21-12-5-3-2-4-10(12)15/h6-8,10,12H,2-5,15H2,1H3,(H,16,18). The number of nitrogens with zero attached hydrogens (tertiary/aromatic N) is 1. The van der Waals surface area contributed by atoms with Crippen LogP contribution < -0.4 is 15.8 Å². The highest BCUT2D eigenvalue weighted by atomic mass is 16.6. The van der Waals surface area contributed by atoms with Crippen molar-refractivity contribution in [3.63, 3.8) is 0 Å². The first-order chi connectivity index (χ1) is 10.0. The van der Waals surface area contributed by atoms with Gasteiger partial charge in [0.15, 0.2) is 5.75 Å². The maximum Gasteiger partial charge on any atom is 0.310 e. The van der Waals surface area contributed by atoms with Crippen LogP contribution in [0.2, 0.25) is 0 Å². The molecule has 0 radical (unpaired) electrons. The number of amides is 1. The average Bonchev–Trinajstić information content (AvgIpc) is 2.48. The van der Waals surface area contributed by atoms with E-state index in [1.165, 1.54) is 25.2 Å². The summed E-state index contributed by atoms with van der Waals surface area (Å²) in [5.41, 5.74) is 6.17. The molecule has 0 aromatic heterocycles. The van der Waals surface area contributed by atoms with Gasteiger partial charge in [0.2, 0.25) is 0 Å². The number of carbonyl (C=O) groups is 1. The zero-order chi connectivity index (χ0) is 15.4. The van der Waals surface area contributed by atoms with Gasteiger partial charge in [-0.2, -0.15) is 0 Å².